The average molecular weight is 370 g/mol. The molecule has 110 valence electrons. The second kappa shape index (κ2) is 7.02. The fourth-order valence-corrected chi connectivity index (χ4v) is 3.10. The fourth-order valence-electron chi connectivity index (χ4n) is 2.14. The van der Waals surface area contributed by atoms with Crippen LogP contribution in [0.15, 0.2) is 46.9 Å². The van der Waals surface area contributed by atoms with Gasteiger partial charge in [-0.2, -0.15) is 0 Å². The van der Waals surface area contributed by atoms with E-state index >= 15 is 0 Å². The Morgan fingerprint density at radius 2 is 1.95 bits per heavy atom. The minimum absolute atomic E-state index is 0.0955. The molecule has 21 heavy (non-hydrogen) atoms. The van der Waals surface area contributed by atoms with Crippen LogP contribution >= 0.6 is 27.5 Å². The molecule has 0 amide bonds. The number of halogens is 2. The van der Waals surface area contributed by atoms with Gasteiger partial charge in [0.25, 0.3) is 5.69 Å². The third-order valence-corrected chi connectivity index (χ3v) is 4.20. The van der Waals surface area contributed by atoms with E-state index in [0.717, 1.165) is 22.0 Å². The number of nitro benzene ring substituents is 1. The van der Waals surface area contributed by atoms with E-state index in [0.29, 0.717) is 5.02 Å². The lowest BCUT2D eigenvalue weighted by atomic mass is 9.99. The number of non-ortho nitro benzene ring substituents is 1. The van der Waals surface area contributed by atoms with E-state index in [-0.39, 0.29) is 11.7 Å². The summed E-state index contributed by atoms with van der Waals surface area (Å²) in [5.41, 5.74) is 2.23. The van der Waals surface area contributed by atoms with Gasteiger partial charge in [0.2, 0.25) is 0 Å². The molecule has 0 fully saturated rings. The van der Waals surface area contributed by atoms with Gasteiger partial charge in [0.15, 0.2) is 0 Å². The zero-order chi connectivity index (χ0) is 15.4. The van der Waals surface area contributed by atoms with Crippen molar-refractivity contribution >= 4 is 33.2 Å². The molecule has 2 rings (SSSR count). The maximum absolute atomic E-state index is 10.7. The largest absolute Gasteiger partial charge is 0.313 e. The lowest BCUT2D eigenvalue weighted by molar-refractivity contribution is -0.384. The molecule has 4 nitrogen and oxygen atoms in total. The first-order valence-electron chi connectivity index (χ1n) is 6.37. The predicted molar refractivity (Wildman–Crippen MR) is 87.8 cm³/mol. The Labute approximate surface area is 136 Å². The number of benzene rings is 2. The molecule has 0 aliphatic carbocycles. The summed E-state index contributed by atoms with van der Waals surface area (Å²) >= 11 is 9.48. The summed E-state index contributed by atoms with van der Waals surface area (Å²) in [6.07, 6.45) is 0.731. The molecule has 0 aliphatic heterocycles. The minimum atomic E-state index is -0.394. The van der Waals surface area contributed by atoms with Crippen LogP contribution in [0.1, 0.15) is 17.2 Å². The van der Waals surface area contributed by atoms with Gasteiger partial charge < -0.3 is 5.32 Å². The summed E-state index contributed by atoms with van der Waals surface area (Å²) in [5, 5.41) is 14.6. The van der Waals surface area contributed by atoms with Gasteiger partial charge in [-0.25, -0.2) is 0 Å². The van der Waals surface area contributed by atoms with Crippen LogP contribution in [0.4, 0.5) is 5.69 Å². The van der Waals surface area contributed by atoms with Crippen molar-refractivity contribution in [3.05, 3.63) is 73.2 Å². The van der Waals surface area contributed by atoms with Gasteiger partial charge in [-0.1, -0.05) is 45.7 Å². The zero-order valence-electron chi connectivity index (χ0n) is 11.3. The molecule has 0 saturated heterocycles. The van der Waals surface area contributed by atoms with Gasteiger partial charge in [0.1, 0.15) is 0 Å². The second-order valence-corrected chi connectivity index (χ2v) is 5.93. The number of likely N-dealkylation sites (N-methyl/N-ethyl adjacent to an activating group) is 1. The van der Waals surface area contributed by atoms with Crippen molar-refractivity contribution in [3.63, 3.8) is 0 Å². The number of hydrogen-bond donors (Lipinski definition) is 1. The van der Waals surface area contributed by atoms with Crippen LogP contribution in [0.3, 0.4) is 0 Å². The Kier molecular flexibility index (Phi) is 5.33. The normalized spacial score (nSPS) is 12.1. The summed E-state index contributed by atoms with van der Waals surface area (Å²) in [4.78, 5) is 10.3. The molecule has 2 aromatic rings. The predicted octanol–water partition coefficient (Wildman–Crippen LogP) is 4.51. The van der Waals surface area contributed by atoms with E-state index in [9.17, 15) is 10.1 Å². The molecule has 0 aromatic heterocycles. The Bertz CT molecular complexity index is 647. The molecule has 0 saturated carbocycles. The molecule has 0 aliphatic rings. The van der Waals surface area contributed by atoms with E-state index in [4.69, 9.17) is 11.6 Å². The Morgan fingerprint density at radius 1 is 1.29 bits per heavy atom. The van der Waals surface area contributed by atoms with Crippen LogP contribution < -0.4 is 5.32 Å². The van der Waals surface area contributed by atoms with Crippen molar-refractivity contribution in [3.8, 4) is 0 Å². The summed E-state index contributed by atoms with van der Waals surface area (Å²) in [6.45, 7) is 0. The lowest BCUT2D eigenvalue weighted by Crippen LogP contribution is -2.19. The highest BCUT2D eigenvalue weighted by atomic mass is 79.9. The van der Waals surface area contributed by atoms with Crippen molar-refractivity contribution in [2.45, 2.75) is 12.5 Å². The number of nitro groups is 1. The molecular weight excluding hydrogens is 356 g/mol. The molecule has 0 bridgehead atoms. The first-order chi connectivity index (χ1) is 10.0. The van der Waals surface area contributed by atoms with Crippen molar-refractivity contribution in [1.82, 2.24) is 5.32 Å². The van der Waals surface area contributed by atoms with Crippen LogP contribution in [-0.2, 0) is 6.42 Å². The van der Waals surface area contributed by atoms with E-state index in [1.54, 1.807) is 12.1 Å². The van der Waals surface area contributed by atoms with Crippen LogP contribution in [0.2, 0.25) is 5.02 Å². The van der Waals surface area contributed by atoms with Gasteiger partial charge in [-0.3, -0.25) is 10.1 Å². The lowest BCUT2D eigenvalue weighted by Gasteiger charge is -2.18. The van der Waals surface area contributed by atoms with Crippen LogP contribution in [0.25, 0.3) is 0 Å². The molecular formula is C15H14BrClN2O2. The second-order valence-electron chi connectivity index (χ2n) is 4.63. The molecule has 1 N–H and O–H groups in total. The first-order valence-corrected chi connectivity index (χ1v) is 7.54. The summed E-state index contributed by atoms with van der Waals surface area (Å²) in [7, 11) is 1.89. The molecule has 0 spiro atoms. The van der Waals surface area contributed by atoms with Gasteiger partial charge in [-0.05, 0) is 36.7 Å². The Morgan fingerprint density at radius 3 is 2.48 bits per heavy atom. The van der Waals surface area contributed by atoms with E-state index in [1.165, 1.54) is 12.1 Å². The average Bonchev–Trinajstić information content (AvgIpc) is 2.46. The Balaban J connectivity index is 2.20. The summed E-state index contributed by atoms with van der Waals surface area (Å²) in [6, 6.07) is 12.4. The van der Waals surface area contributed by atoms with Gasteiger partial charge in [-0.15, -0.1) is 0 Å². The van der Waals surface area contributed by atoms with E-state index in [2.05, 4.69) is 21.2 Å². The number of nitrogens with one attached hydrogen (secondary N) is 1. The number of hydrogen-bond acceptors (Lipinski definition) is 3. The third kappa shape index (κ3) is 4.03. The maximum Gasteiger partial charge on any atom is 0.269 e. The van der Waals surface area contributed by atoms with Crippen molar-refractivity contribution < 1.29 is 4.92 Å². The summed E-state index contributed by atoms with van der Waals surface area (Å²) < 4.78 is 0.941. The number of rotatable bonds is 5. The monoisotopic (exact) mass is 368 g/mol. The molecule has 6 heteroatoms. The van der Waals surface area contributed by atoms with Crippen LogP contribution in [0.5, 0.6) is 0 Å². The molecule has 2 aromatic carbocycles. The van der Waals surface area contributed by atoms with Crippen molar-refractivity contribution in [2.24, 2.45) is 0 Å². The van der Waals surface area contributed by atoms with Crippen LogP contribution in [0, 0.1) is 10.1 Å². The molecule has 1 atom stereocenters. The topological polar surface area (TPSA) is 55.2 Å². The van der Waals surface area contributed by atoms with E-state index in [1.807, 2.05) is 25.2 Å². The highest BCUT2D eigenvalue weighted by Gasteiger charge is 2.14. The first kappa shape index (κ1) is 15.9. The molecule has 0 radical (unpaired) electrons. The molecule has 1 unspecified atom stereocenters. The van der Waals surface area contributed by atoms with Crippen molar-refractivity contribution in [2.75, 3.05) is 7.05 Å². The van der Waals surface area contributed by atoms with Gasteiger partial charge in [0.05, 0.1) is 4.92 Å². The van der Waals surface area contributed by atoms with Gasteiger partial charge >= 0.3 is 0 Å². The third-order valence-electron chi connectivity index (χ3n) is 3.27. The van der Waals surface area contributed by atoms with Crippen molar-refractivity contribution in [1.29, 1.82) is 0 Å². The van der Waals surface area contributed by atoms with E-state index < -0.39 is 4.92 Å². The highest BCUT2D eigenvalue weighted by Crippen LogP contribution is 2.29. The summed E-state index contributed by atoms with van der Waals surface area (Å²) in [5.74, 6) is 0. The maximum atomic E-state index is 10.7. The van der Waals surface area contributed by atoms with Crippen LogP contribution in [-0.4, -0.2) is 12.0 Å². The highest BCUT2D eigenvalue weighted by molar-refractivity contribution is 9.10. The quantitative estimate of drug-likeness (QED) is 0.623. The zero-order valence-corrected chi connectivity index (χ0v) is 13.7. The SMILES string of the molecule is CNC(Cc1ccc([N+](=O)[O-])cc1)c1ccc(Cl)cc1Br. The number of nitrogens with zero attached hydrogens (tertiary/aromatic N) is 1. The standard InChI is InChI=1S/C15H14BrClN2O2/c1-18-15(13-7-4-11(17)9-14(13)16)8-10-2-5-12(6-3-10)19(20)21/h2-7,9,15,18H,8H2,1H3. The minimum Gasteiger partial charge on any atom is -0.313 e. The Hall–Kier alpha value is -1.43. The van der Waals surface area contributed by atoms with Gasteiger partial charge in [0, 0.05) is 27.7 Å². The smallest absolute Gasteiger partial charge is 0.269 e. The fraction of sp³-hybridized carbons (Fsp3) is 0.200. The molecule has 0 heterocycles.